The first-order chi connectivity index (χ1) is 13.2. The standard InChI is InChI=1S/C23H18N2O2/c1-16-5-7-18(8-6-16)25-23(26)22-4-2-3-17-15-20(9-10-21(17)22)27-19-11-13-24-14-12-19/h2-15H,1H3,(H,25,26). The van der Waals surface area contributed by atoms with Crippen LogP contribution in [0.2, 0.25) is 0 Å². The number of anilines is 1. The molecule has 4 heteroatoms. The molecule has 0 aliphatic heterocycles. The van der Waals surface area contributed by atoms with Crippen molar-refractivity contribution >= 4 is 22.4 Å². The number of hydrogen-bond donors (Lipinski definition) is 1. The zero-order valence-corrected chi connectivity index (χ0v) is 14.8. The van der Waals surface area contributed by atoms with Crippen molar-refractivity contribution in [3.05, 3.63) is 96.3 Å². The number of rotatable bonds is 4. The highest BCUT2D eigenvalue weighted by Crippen LogP contribution is 2.27. The minimum Gasteiger partial charge on any atom is -0.457 e. The molecule has 4 aromatic rings. The highest BCUT2D eigenvalue weighted by atomic mass is 16.5. The lowest BCUT2D eigenvalue weighted by atomic mass is 10.0. The normalized spacial score (nSPS) is 10.6. The van der Waals surface area contributed by atoms with Crippen molar-refractivity contribution in [3.8, 4) is 11.5 Å². The molecule has 1 amide bonds. The third-order valence-electron chi connectivity index (χ3n) is 4.29. The Bertz CT molecular complexity index is 1090. The summed E-state index contributed by atoms with van der Waals surface area (Å²) in [7, 11) is 0. The van der Waals surface area contributed by atoms with Crippen LogP contribution >= 0.6 is 0 Å². The molecule has 0 radical (unpaired) electrons. The number of nitrogens with zero attached hydrogens (tertiary/aromatic N) is 1. The number of pyridine rings is 1. The third kappa shape index (κ3) is 3.80. The summed E-state index contributed by atoms with van der Waals surface area (Å²) in [5.74, 6) is 1.30. The van der Waals surface area contributed by atoms with Crippen LogP contribution in [0.5, 0.6) is 11.5 Å². The molecule has 0 unspecified atom stereocenters. The van der Waals surface area contributed by atoms with E-state index in [0.717, 1.165) is 27.8 Å². The summed E-state index contributed by atoms with van der Waals surface area (Å²) in [4.78, 5) is 16.7. The van der Waals surface area contributed by atoms with Crippen LogP contribution in [0.4, 0.5) is 5.69 Å². The van der Waals surface area contributed by atoms with Gasteiger partial charge in [0, 0.05) is 23.6 Å². The van der Waals surface area contributed by atoms with Gasteiger partial charge in [0.1, 0.15) is 11.5 Å². The quantitative estimate of drug-likeness (QED) is 0.520. The third-order valence-corrected chi connectivity index (χ3v) is 4.29. The van der Waals surface area contributed by atoms with Crippen LogP contribution in [0.3, 0.4) is 0 Å². The van der Waals surface area contributed by atoms with Gasteiger partial charge in [0.15, 0.2) is 0 Å². The first kappa shape index (κ1) is 16.8. The molecule has 0 spiro atoms. The minimum absolute atomic E-state index is 0.132. The van der Waals surface area contributed by atoms with Gasteiger partial charge in [0.05, 0.1) is 0 Å². The van der Waals surface area contributed by atoms with Crippen LogP contribution in [-0.4, -0.2) is 10.9 Å². The van der Waals surface area contributed by atoms with Crippen LogP contribution in [0.15, 0.2) is 85.2 Å². The number of carbonyl (C=O) groups excluding carboxylic acids is 1. The topological polar surface area (TPSA) is 51.2 Å². The SMILES string of the molecule is Cc1ccc(NC(=O)c2cccc3cc(Oc4ccncc4)ccc23)cc1. The van der Waals surface area contributed by atoms with Gasteiger partial charge >= 0.3 is 0 Å². The zero-order chi connectivity index (χ0) is 18.6. The van der Waals surface area contributed by atoms with Crippen molar-refractivity contribution in [2.45, 2.75) is 6.92 Å². The maximum Gasteiger partial charge on any atom is 0.256 e. The van der Waals surface area contributed by atoms with Crippen LogP contribution < -0.4 is 10.1 Å². The van der Waals surface area contributed by atoms with E-state index in [0.29, 0.717) is 11.3 Å². The van der Waals surface area contributed by atoms with Gasteiger partial charge in [-0.3, -0.25) is 9.78 Å². The molecule has 3 aromatic carbocycles. The maximum absolute atomic E-state index is 12.7. The molecule has 4 rings (SSSR count). The van der Waals surface area contributed by atoms with E-state index in [9.17, 15) is 4.79 Å². The molecule has 27 heavy (non-hydrogen) atoms. The molecule has 0 bridgehead atoms. The number of fused-ring (bicyclic) bond motifs is 1. The van der Waals surface area contributed by atoms with Crippen LogP contribution in [-0.2, 0) is 0 Å². The summed E-state index contributed by atoms with van der Waals surface area (Å²) in [5, 5.41) is 4.78. The van der Waals surface area contributed by atoms with Crippen molar-refractivity contribution in [2.75, 3.05) is 5.32 Å². The molecule has 0 saturated carbocycles. The Morgan fingerprint density at radius 2 is 1.67 bits per heavy atom. The number of carbonyl (C=O) groups is 1. The molecular formula is C23H18N2O2. The Labute approximate surface area is 157 Å². The lowest BCUT2D eigenvalue weighted by Gasteiger charge is -2.10. The van der Waals surface area contributed by atoms with Gasteiger partial charge in [-0.2, -0.15) is 0 Å². The van der Waals surface area contributed by atoms with Gasteiger partial charge in [0.25, 0.3) is 5.91 Å². The fourth-order valence-electron chi connectivity index (χ4n) is 2.90. The van der Waals surface area contributed by atoms with E-state index in [2.05, 4.69) is 10.3 Å². The highest BCUT2D eigenvalue weighted by molar-refractivity contribution is 6.13. The number of ether oxygens (including phenoxy) is 1. The Morgan fingerprint density at radius 1 is 0.889 bits per heavy atom. The Kier molecular flexibility index (Phi) is 4.54. The molecule has 132 valence electrons. The molecule has 0 saturated heterocycles. The van der Waals surface area contributed by atoms with Crippen molar-refractivity contribution < 1.29 is 9.53 Å². The fourth-order valence-corrected chi connectivity index (χ4v) is 2.90. The summed E-state index contributed by atoms with van der Waals surface area (Å²) < 4.78 is 5.85. The second kappa shape index (κ2) is 7.30. The molecular weight excluding hydrogens is 336 g/mol. The van der Waals surface area contributed by atoms with E-state index in [1.807, 2.05) is 67.6 Å². The van der Waals surface area contributed by atoms with E-state index in [-0.39, 0.29) is 5.91 Å². The molecule has 1 aromatic heterocycles. The van der Waals surface area contributed by atoms with E-state index in [1.165, 1.54) is 0 Å². The van der Waals surface area contributed by atoms with E-state index in [4.69, 9.17) is 4.74 Å². The summed E-state index contributed by atoms with van der Waals surface area (Å²) in [6.07, 6.45) is 3.37. The lowest BCUT2D eigenvalue weighted by Crippen LogP contribution is -2.12. The molecule has 1 N–H and O–H groups in total. The zero-order valence-electron chi connectivity index (χ0n) is 14.8. The lowest BCUT2D eigenvalue weighted by molar-refractivity contribution is 0.102. The Balaban J connectivity index is 1.61. The van der Waals surface area contributed by atoms with Crippen molar-refractivity contribution in [1.82, 2.24) is 4.98 Å². The predicted molar refractivity (Wildman–Crippen MR) is 107 cm³/mol. The molecule has 0 aliphatic rings. The average molecular weight is 354 g/mol. The van der Waals surface area contributed by atoms with Gasteiger partial charge in [-0.1, -0.05) is 29.8 Å². The Morgan fingerprint density at radius 3 is 2.44 bits per heavy atom. The number of benzene rings is 3. The van der Waals surface area contributed by atoms with Crippen molar-refractivity contribution in [3.63, 3.8) is 0 Å². The number of hydrogen-bond acceptors (Lipinski definition) is 3. The van der Waals surface area contributed by atoms with Gasteiger partial charge in [-0.15, -0.1) is 0 Å². The number of aryl methyl sites for hydroxylation is 1. The second-order valence-corrected chi connectivity index (χ2v) is 6.29. The van der Waals surface area contributed by atoms with Crippen molar-refractivity contribution in [1.29, 1.82) is 0 Å². The minimum atomic E-state index is -0.132. The molecule has 4 nitrogen and oxygen atoms in total. The summed E-state index contributed by atoms with van der Waals surface area (Å²) in [5.41, 5.74) is 2.56. The van der Waals surface area contributed by atoms with E-state index in [1.54, 1.807) is 24.5 Å². The molecule has 0 fully saturated rings. The van der Waals surface area contributed by atoms with Crippen LogP contribution in [0.1, 0.15) is 15.9 Å². The maximum atomic E-state index is 12.7. The Hall–Kier alpha value is -3.66. The van der Waals surface area contributed by atoms with Crippen LogP contribution in [0, 0.1) is 6.92 Å². The number of nitrogens with one attached hydrogen (secondary N) is 1. The van der Waals surface area contributed by atoms with Gasteiger partial charge in [0.2, 0.25) is 0 Å². The first-order valence-corrected chi connectivity index (χ1v) is 8.68. The summed E-state index contributed by atoms with van der Waals surface area (Å²) in [6, 6.07) is 22.7. The summed E-state index contributed by atoms with van der Waals surface area (Å²) >= 11 is 0. The van der Waals surface area contributed by atoms with Gasteiger partial charge in [-0.25, -0.2) is 0 Å². The van der Waals surface area contributed by atoms with Crippen LogP contribution in [0.25, 0.3) is 10.8 Å². The predicted octanol–water partition coefficient (Wildman–Crippen LogP) is 5.59. The molecule has 1 heterocycles. The van der Waals surface area contributed by atoms with Gasteiger partial charge in [-0.05, 0) is 66.2 Å². The number of amides is 1. The monoisotopic (exact) mass is 354 g/mol. The first-order valence-electron chi connectivity index (χ1n) is 8.68. The summed E-state index contributed by atoms with van der Waals surface area (Å²) in [6.45, 7) is 2.02. The number of aromatic nitrogens is 1. The average Bonchev–Trinajstić information content (AvgIpc) is 2.70. The highest BCUT2D eigenvalue weighted by Gasteiger charge is 2.11. The molecule has 0 atom stereocenters. The van der Waals surface area contributed by atoms with E-state index >= 15 is 0 Å². The van der Waals surface area contributed by atoms with E-state index < -0.39 is 0 Å². The van der Waals surface area contributed by atoms with Gasteiger partial charge < -0.3 is 10.1 Å². The largest absolute Gasteiger partial charge is 0.457 e. The smallest absolute Gasteiger partial charge is 0.256 e. The second-order valence-electron chi connectivity index (χ2n) is 6.29. The van der Waals surface area contributed by atoms with Crippen molar-refractivity contribution in [2.24, 2.45) is 0 Å². The fraction of sp³-hybridized carbons (Fsp3) is 0.0435. The molecule has 0 aliphatic carbocycles.